The van der Waals surface area contributed by atoms with Crippen LogP contribution in [0.4, 0.5) is 0 Å². The molecular formula is C11H23O5P. The van der Waals surface area contributed by atoms with Gasteiger partial charge in [0, 0.05) is 12.8 Å². The highest BCUT2D eigenvalue weighted by Gasteiger charge is 2.28. The Morgan fingerprint density at radius 2 is 1.71 bits per heavy atom. The van der Waals surface area contributed by atoms with E-state index in [1.807, 2.05) is 6.92 Å². The maximum atomic E-state index is 12.0. The second-order valence-electron chi connectivity index (χ2n) is 3.63. The zero-order chi connectivity index (χ0) is 13.3. The number of ketones is 1. The normalized spacial score (nSPS) is 13.6. The highest BCUT2D eigenvalue weighted by atomic mass is 31.2. The molecule has 0 aromatic rings. The predicted octanol–water partition coefficient (Wildman–Crippen LogP) is 3.33. The summed E-state index contributed by atoms with van der Waals surface area (Å²) in [5, 5.41) is 0. The van der Waals surface area contributed by atoms with Gasteiger partial charge in [0.2, 0.25) is 0 Å². The van der Waals surface area contributed by atoms with Gasteiger partial charge in [-0.2, -0.15) is 0 Å². The third kappa shape index (κ3) is 7.66. The number of carbonyl (C=O) groups excluding carboxylic acids is 1. The Balaban J connectivity index is 4.16. The van der Waals surface area contributed by atoms with Gasteiger partial charge in [0.15, 0.2) is 0 Å². The minimum absolute atomic E-state index is 0.170. The van der Waals surface area contributed by atoms with Crippen LogP contribution in [-0.2, 0) is 22.9 Å². The molecule has 0 aliphatic heterocycles. The minimum Gasteiger partial charge on any atom is -0.300 e. The highest BCUT2D eigenvalue weighted by molar-refractivity contribution is 7.48. The summed E-state index contributed by atoms with van der Waals surface area (Å²) in [6, 6.07) is 0. The Hall–Kier alpha value is -0.220. The lowest BCUT2D eigenvalue weighted by molar-refractivity contribution is -0.119. The highest BCUT2D eigenvalue weighted by Crippen LogP contribution is 2.50. The SMILES string of the molecule is CCOP(=O)(OCC)OC(C)CCC(=O)CC. The van der Waals surface area contributed by atoms with Crippen LogP contribution >= 0.6 is 7.82 Å². The molecule has 0 aromatic heterocycles. The molecular weight excluding hydrogens is 243 g/mol. The minimum atomic E-state index is -3.46. The summed E-state index contributed by atoms with van der Waals surface area (Å²) in [5.41, 5.74) is 0. The fourth-order valence-corrected chi connectivity index (χ4v) is 2.60. The largest absolute Gasteiger partial charge is 0.475 e. The van der Waals surface area contributed by atoms with E-state index in [0.29, 0.717) is 19.3 Å². The van der Waals surface area contributed by atoms with Crippen molar-refractivity contribution in [1.29, 1.82) is 0 Å². The van der Waals surface area contributed by atoms with Gasteiger partial charge in [-0.25, -0.2) is 4.57 Å². The standard InChI is InChI=1S/C11H23O5P/c1-5-11(12)9-8-10(4)16-17(13,14-6-2)15-7-3/h10H,5-9H2,1-4H3. The van der Waals surface area contributed by atoms with Gasteiger partial charge in [-0.1, -0.05) is 6.92 Å². The van der Waals surface area contributed by atoms with Crippen LogP contribution in [0.2, 0.25) is 0 Å². The van der Waals surface area contributed by atoms with Crippen LogP contribution in [0.15, 0.2) is 0 Å². The lowest BCUT2D eigenvalue weighted by atomic mass is 10.1. The smallest absolute Gasteiger partial charge is 0.300 e. The molecule has 0 N–H and O–H groups in total. The summed E-state index contributed by atoms with van der Waals surface area (Å²) in [5.74, 6) is 0.170. The third-order valence-corrected chi connectivity index (χ3v) is 3.87. The topological polar surface area (TPSA) is 61.8 Å². The molecule has 0 aliphatic rings. The van der Waals surface area contributed by atoms with E-state index in [2.05, 4.69) is 0 Å². The Morgan fingerprint density at radius 3 is 2.12 bits per heavy atom. The predicted molar refractivity (Wildman–Crippen MR) is 65.9 cm³/mol. The van der Waals surface area contributed by atoms with Crippen molar-refractivity contribution in [3.05, 3.63) is 0 Å². The quantitative estimate of drug-likeness (QED) is 0.567. The third-order valence-electron chi connectivity index (χ3n) is 2.11. The van der Waals surface area contributed by atoms with E-state index in [0.717, 1.165) is 0 Å². The van der Waals surface area contributed by atoms with Gasteiger partial charge in [-0.15, -0.1) is 0 Å². The average molecular weight is 266 g/mol. The number of Topliss-reactive ketones (excluding diaryl/α,β-unsaturated/α-hetero) is 1. The van der Waals surface area contributed by atoms with E-state index >= 15 is 0 Å². The monoisotopic (exact) mass is 266 g/mol. The number of phosphoric ester groups is 1. The maximum absolute atomic E-state index is 12.0. The molecule has 0 saturated carbocycles. The molecule has 0 aromatic carbocycles. The van der Waals surface area contributed by atoms with Crippen molar-refractivity contribution in [3.63, 3.8) is 0 Å². The molecule has 0 radical (unpaired) electrons. The van der Waals surface area contributed by atoms with Crippen molar-refractivity contribution in [2.75, 3.05) is 13.2 Å². The van der Waals surface area contributed by atoms with E-state index in [-0.39, 0.29) is 25.1 Å². The van der Waals surface area contributed by atoms with Gasteiger partial charge in [-0.05, 0) is 27.2 Å². The van der Waals surface area contributed by atoms with Gasteiger partial charge < -0.3 is 0 Å². The number of rotatable bonds is 10. The molecule has 1 unspecified atom stereocenters. The molecule has 0 aliphatic carbocycles. The molecule has 0 saturated heterocycles. The van der Waals surface area contributed by atoms with Crippen LogP contribution in [0.3, 0.4) is 0 Å². The van der Waals surface area contributed by atoms with E-state index in [9.17, 15) is 9.36 Å². The molecule has 0 rings (SSSR count). The van der Waals surface area contributed by atoms with Gasteiger partial charge >= 0.3 is 7.82 Å². The first-order valence-corrected chi connectivity index (χ1v) is 7.52. The van der Waals surface area contributed by atoms with Crippen molar-refractivity contribution in [3.8, 4) is 0 Å². The van der Waals surface area contributed by atoms with E-state index < -0.39 is 7.82 Å². The van der Waals surface area contributed by atoms with Crippen molar-refractivity contribution in [2.45, 2.75) is 53.1 Å². The summed E-state index contributed by atoms with van der Waals surface area (Å²) in [6.07, 6.45) is 1.14. The second kappa shape index (κ2) is 8.81. The summed E-state index contributed by atoms with van der Waals surface area (Å²) < 4.78 is 27.3. The number of carbonyl (C=O) groups is 1. The fourth-order valence-electron chi connectivity index (χ4n) is 1.23. The van der Waals surface area contributed by atoms with Crippen LogP contribution in [0.5, 0.6) is 0 Å². The van der Waals surface area contributed by atoms with Crippen LogP contribution in [0.1, 0.15) is 47.0 Å². The van der Waals surface area contributed by atoms with Crippen molar-refractivity contribution in [2.24, 2.45) is 0 Å². The summed E-state index contributed by atoms with van der Waals surface area (Å²) in [7, 11) is -3.46. The van der Waals surface area contributed by atoms with Crippen molar-refractivity contribution < 1.29 is 22.9 Å². The van der Waals surface area contributed by atoms with Gasteiger partial charge in [-0.3, -0.25) is 18.4 Å². The Kier molecular flexibility index (Phi) is 8.70. The molecule has 0 heterocycles. The van der Waals surface area contributed by atoms with Crippen LogP contribution in [0, 0.1) is 0 Å². The summed E-state index contributed by atoms with van der Waals surface area (Å²) >= 11 is 0. The van der Waals surface area contributed by atoms with Crippen molar-refractivity contribution >= 4 is 13.6 Å². The molecule has 102 valence electrons. The molecule has 5 nitrogen and oxygen atoms in total. The van der Waals surface area contributed by atoms with E-state index in [4.69, 9.17) is 13.6 Å². The zero-order valence-corrected chi connectivity index (χ0v) is 12.0. The van der Waals surface area contributed by atoms with Crippen molar-refractivity contribution in [1.82, 2.24) is 0 Å². The Morgan fingerprint density at radius 1 is 1.18 bits per heavy atom. The number of phosphoric acid groups is 1. The van der Waals surface area contributed by atoms with Crippen LogP contribution in [-0.4, -0.2) is 25.1 Å². The Bertz CT molecular complexity index is 257. The van der Waals surface area contributed by atoms with Crippen LogP contribution in [0.25, 0.3) is 0 Å². The first-order valence-electron chi connectivity index (χ1n) is 6.06. The molecule has 0 amide bonds. The van der Waals surface area contributed by atoms with Gasteiger partial charge in [0.05, 0.1) is 19.3 Å². The van der Waals surface area contributed by atoms with Crippen LogP contribution < -0.4 is 0 Å². The summed E-state index contributed by atoms with van der Waals surface area (Å²) in [4.78, 5) is 11.1. The molecule has 0 bridgehead atoms. The zero-order valence-electron chi connectivity index (χ0n) is 11.1. The lowest BCUT2D eigenvalue weighted by Crippen LogP contribution is -2.11. The number of hydrogen-bond donors (Lipinski definition) is 0. The van der Waals surface area contributed by atoms with E-state index in [1.54, 1.807) is 20.8 Å². The lowest BCUT2D eigenvalue weighted by Gasteiger charge is -2.20. The first-order chi connectivity index (χ1) is 7.97. The number of hydrogen-bond acceptors (Lipinski definition) is 5. The van der Waals surface area contributed by atoms with Gasteiger partial charge in [0.1, 0.15) is 5.78 Å². The molecule has 0 spiro atoms. The Labute approximate surface area is 103 Å². The molecule has 0 fully saturated rings. The van der Waals surface area contributed by atoms with Gasteiger partial charge in [0.25, 0.3) is 0 Å². The molecule has 6 heteroatoms. The summed E-state index contributed by atoms with van der Waals surface area (Å²) in [6.45, 7) is 7.54. The first kappa shape index (κ1) is 16.8. The average Bonchev–Trinajstić information content (AvgIpc) is 2.26. The second-order valence-corrected chi connectivity index (χ2v) is 5.25. The molecule has 17 heavy (non-hydrogen) atoms. The fraction of sp³-hybridized carbons (Fsp3) is 0.909. The van der Waals surface area contributed by atoms with E-state index in [1.165, 1.54) is 0 Å². The molecule has 1 atom stereocenters. The maximum Gasteiger partial charge on any atom is 0.475 e.